The molecular weight excluding hydrogens is 106 g/mol. The monoisotopic (exact) mass is 110 g/mol. The van der Waals surface area contributed by atoms with Crippen molar-refractivity contribution >= 4 is 12.6 Å². The zero-order valence-electron chi connectivity index (χ0n) is 2.99. The maximum Gasteiger partial charge on any atom is 0.309 e. The number of alkyl halides is 2. The van der Waals surface area contributed by atoms with E-state index in [-0.39, 0.29) is 0 Å². The van der Waals surface area contributed by atoms with E-state index in [0.29, 0.717) is 6.08 Å². The van der Waals surface area contributed by atoms with Crippen LogP contribution in [-0.2, 0) is 0 Å². The second kappa shape index (κ2) is 1.60. The van der Waals surface area contributed by atoms with Gasteiger partial charge < -0.3 is 0 Å². The Balaban J connectivity index is 3.45. The highest BCUT2D eigenvalue weighted by atomic mass is 32.1. The van der Waals surface area contributed by atoms with Crippen LogP contribution in [0.4, 0.5) is 8.78 Å². The second-order valence-corrected chi connectivity index (χ2v) is 1.39. The van der Waals surface area contributed by atoms with Gasteiger partial charge in [0.05, 0.1) is 0 Å². The Kier molecular flexibility index (Phi) is 1.59. The first-order valence-corrected chi connectivity index (χ1v) is 1.75. The summed E-state index contributed by atoms with van der Waals surface area (Å²) in [4.78, 5) is 0. The summed E-state index contributed by atoms with van der Waals surface area (Å²) in [6.07, 6.45) is 0.468. The number of thiol groups is 1. The summed E-state index contributed by atoms with van der Waals surface area (Å²) in [7, 11) is 0. The molecule has 0 saturated heterocycles. The van der Waals surface area contributed by atoms with Crippen LogP contribution in [0.15, 0.2) is 12.7 Å². The van der Waals surface area contributed by atoms with Crippen LogP contribution in [0.2, 0.25) is 0 Å². The number of hydrogen-bond donors (Lipinski definition) is 1. The van der Waals surface area contributed by atoms with Crippen molar-refractivity contribution in [2.75, 3.05) is 0 Å². The Hall–Kier alpha value is -0.0500. The van der Waals surface area contributed by atoms with E-state index in [9.17, 15) is 8.78 Å². The third-order valence-electron chi connectivity index (χ3n) is 0.246. The van der Waals surface area contributed by atoms with E-state index in [4.69, 9.17) is 0 Å². The molecule has 0 spiro atoms. The average Bonchev–Trinajstić information content (AvgIpc) is 1.35. The van der Waals surface area contributed by atoms with Crippen LogP contribution in [0.25, 0.3) is 0 Å². The molecule has 3 heteroatoms. The molecule has 0 unspecified atom stereocenters. The fourth-order valence-corrected chi connectivity index (χ4v) is 0. The number of hydrogen-bond acceptors (Lipinski definition) is 1. The molecule has 0 aromatic heterocycles. The zero-order valence-corrected chi connectivity index (χ0v) is 3.88. The van der Waals surface area contributed by atoms with Crippen LogP contribution in [0, 0.1) is 0 Å². The van der Waals surface area contributed by atoms with Crippen molar-refractivity contribution in [3.05, 3.63) is 12.7 Å². The van der Waals surface area contributed by atoms with E-state index in [2.05, 4.69) is 19.2 Å². The summed E-state index contributed by atoms with van der Waals surface area (Å²) in [5.41, 5.74) is 0. The molecule has 0 aromatic carbocycles. The van der Waals surface area contributed by atoms with E-state index in [0.717, 1.165) is 0 Å². The normalized spacial score (nSPS) is 11.2. The molecule has 0 aromatic rings. The Labute approximate surface area is 40.3 Å². The fraction of sp³-hybridized carbons (Fsp3) is 0.333. The van der Waals surface area contributed by atoms with Gasteiger partial charge in [-0.2, -0.15) is 8.78 Å². The lowest BCUT2D eigenvalue weighted by Crippen LogP contribution is -1.96. The minimum absolute atomic E-state index is 0.468. The van der Waals surface area contributed by atoms with Crippen molar-refractivity contribution in [1.29, 1.82) is 0 Å². The lowest BCUT2D eigenvalue weighted by molar-refractivity contribution is 0.166. The summed E-state index contributed by atoms with van der Waals surface area (Å²) in [6, 6.07) is 0. The summed E-state index contributed by atoms with van der Waals surface area (Å²) in [5, 5.41) is -3.00. The maximum atomic E-state index is 11.2. The van der Waals surface area contributed by atoms with Crippen molar-refractivity contribution in [3.8, 4) is 0 Å². The van der Waals surface area contributed by atoms with Gasteiger partial charge in [-0.3, -0.25) is 0 Å². The Morgan fingerprint density at radius 1 is 1.67 bits per heavy atom. The van der Waals surface area contributed by atoms with Crippen LogP contribution in [-0.4, -0.2) is 5.25 Å². The highest BCUT2D eigenvalue weighted by Crippen LogP contribution is 2.17. The molecule has 0 amide bonds. The third-order valence-corrected chi connectivity index (χ3v) is 0.428. The van der Waals surface area contributed by atoms with E-state index >= 15 is 0 Å². The van der Waals surface area contributed by atoms with Crippen molar-refractivity contribution < 1.29 is 8.78 Å². The van der Waals surface area contributed by atoms with Crippen molar-refractivity contribution in [1.82, 2.24) is 0 Å². The lowest BCUT2D eigenvalue weighted by atomic mass is 10.7. The van der Waals surface area contributed by atoms with Crippen molar-refractivity contribution in [2.45, 2.75) is 5.25 Å². The second-order valence-electron chi connectivity index (χ2n) is 0.792. The molecule has 0 nitrogen and oxygen atoms in total. The lowest BCUT2D eigenvalue weighted by Gasteiger charge is -1.96. The molecule has 0 bridgehead atoms. The van der Waals surface area contributed by atoms with Crippen molar-refractivity contribution in [2.24, 2.45) is 0 Å². The fourth-order valence-electron chi connectivity index (χ4n) is 0. The van der Waals surface area contributed by atoms with Crippen LogP contribution in [0.5, 0.6) is 0 Å². The Morgan fingerprint density at radius 3 is 1.83 bits per heavy atom. The minimum atomic E-state index is -3.00. The molecule has 6 heavy (non-hydrogen) atoms. The van der Waals surface area contributed by atoms with Gasteiger partial charge in [-0.25, -0.2) is 0 Å². The quantitative estimate of drug-likeness (QED) is 0.385. The van der Waals surface area contributed by atoms with Gasteiger partial charge in [0.2, 0.25) is 0 Å². The first-order chi connectivity index (χ1) is 2.56. The highest BCUT2D eigenvalue weighted by molar-refractivity contribution is 7.81. The summed E-state index contributed by atoms with van der Waals surface area (Å²) in [5.74, 6) is 0. The zero-order chi connectivity index (χ0) is 5.21. The minimum Gasteiger partial charge on any atom is -0.190 e. The Morgan fingerprint density at radius 2 is 1.83 bits per heavy atom. The molecule has 0 fully saturated rings. The van der Waals surface area contributed by atoms with Gasteiger partial charge in [0.25, 0.3) is 0 Å². The molecule has 0 aliphatic heterocycles. The predicted molar refractivity (Wildman–Crippen MR) is 24.1 cm³/mol. The molecule has 0 aliphatic carbocycles. The van der Waals surface area contributed by atoms with Crippen LogP contribution < -0.4 is 0 Å². The van der Waals surface area contributed by atoms with E-state index in [1.54, 1.807) is 0 Å². The highest BCUT2D eigenvalue weighted by Gasteiger charge is 2.14. The van der Waals surface area contributed by atoms with E-state index in [1.165, 1.54) is 0 Å². The molecule has 0 N–H and O–H groups in total. The number of halogens is 2. The SMILES string of the molecule is C=CC(F)(F)S. The summed E-state index contributed by atoms with van der Waals surface area (Å²) in [6.45, 7) is 2.81. The van der Waals surface area contributed by atoms with Gasteiger partial charge >= 0.3 is 5.25 Å². The largest absolute Gasteiger partial charge is 0.309 e. The topological polar surface area (TPSA) is 0 Å². The van der Waals surface area contributed by atoms with Gasteiger partial charge in [0.1, 0.15) is 0 Å². The first kappa shape index (κ1) is 5.95. The third kappa shape index (κ3) is 3.95. The predicted octanol–water partition coefficient (Wildman–Crippen LogP) is 1.70. The summed E-state index contributed by atoms with van der Waals surface area (Å²) >= 11 is 2.80. The number of rotatable bonds is 1. The van der Waals surface area contributed by atoms with E-state index < -0.39 is 5.25 Å². The summed E-state index contributed by atoms with van der Waals surface area (Å²) < 4.78 is 22.4. The molecular formula is C3H4F2S. The van der Waals surface area contributed by atoms with Gasteiger partial charge in [0.15, 0.2) is 0 Å². The van der Waals surface area contributed by atoms with Gasteiger partial charge in [0, 0.05) is 0 Å². The standard InChI is InChI=1S/C3H4F2S/c1-2-3(4,5)6/h2,6H,1H2. The Bertz CT molecular complexity index is 54.3. The molecule has 0 radical (unpaired) electrons. The molecule has 0 aliphatic rings. The molecule has 36 valence electrons. The first-order valence-electron chi connectivity index (χ1n) is 1.30. The van der Waals surface area contributed by atoms with Gasteiger partial charge in [-0.1, -0.05) is 6.58 Å². The van der Waals surface area contributed by atoms with E-state index in [1.807, 2.05) is 0 Å². The molecule has 0 atom stereocenters. The van der Waals surface area contributed by atoms with Gasteiger partial charge in [-0.05, 0) is 6.08 Å². The maximum absolute atomic E-state index is 11.2. The average molecular weight is 110 g/mol. The molecule has 0 rings (SSSR count). The van der Waals surface area contributed by atoms with Crippen LogP contribution in [0.1, 0.15) is 0 Å². The van der Waals surface area contributed by atoms with Crippen LogP contribution >= 0.6 is 12.6 Å². The molecule has 0 saturated carbocycles. The smallest absolute Gasteiger partial charge is 0.190 e. The van der Waals surface area contributed by atoms with Gasteiger partial charge in [-0.15, -0.1) is 12.6 Å². The molecule has 0 heterocycles. The van der Waals surface area contributed by atoms with Crippen molar-refractivity contribution in [3.63, 3.8) is 0 Å². The van der Waals surface area contributed by atoms with Crippen LogP contribution in [0.3, 0.4) is 0 Å².